The average molecular weight is 488 g/mol. The Morgan fingerprint density at radius 1 is 0.920 bits per heavy atom. The van der Waals surface area contributed by atoms with Crippen LogP contribution >= 0.6 is 19.8 Å². The zero-order valence-electron chi connectivity index (χ0n) is 13.6. The fourth-order valence-electron chi connectivity index (χ4n) is 1.74. The van der Waals surface area contributed by atoms with Gasteiger partial charge >= 0.3 is 127 Å². The summed E-state index contributed by atoms with van der Waals surface area (Å²) in [6.45, 7) is 2.28. The molecule has 0 amide bonds. The molecule has 0 aliphatic rings. The first-order valence-corrected chi connectivity index (χ1v) is 12.6. The maximum Gasteiger partial charge on any atom is 0.522 e. The monoisotopic (exact) mass is 488 g/mol. The van der Waals surface area contributed by atoms with Crippen molar-refractivity contribution >= 4 is 29.9 Å². The zero-order chi connectivity index (χ0) is 18.9. The summed E-state index contributed by atoms with van der Waals surface area (Å²) in [6.07, 6.45) is 2.66. The Labute approximate surface area is 153 Å². The molecule has 3 nitrogen and oxygen atoms in total. The van der Waals surface area contributed by atoms with Crippen LogP contribution in [-0.4, -0.2) is 22.9 Å². The van der Waals surface area contributed by atoms with Crippen molar-refractivity contribution < 1.29 is 26.1 Å². The van der Waals surface area contributed by atoms with E-state index in [2.05, 4.69) is 67.6 Å². The standard InChI is InChI=1S/C16H19I.CHF3O3S/c1-2-3-14-17(15-10-6-4-7-11-15)16-12-8-5-9-13-16;2-1(3,4)8(5,6)7/h4-13H,2-3,14H2,1H3;(H,5,6,7). The van der Waals surface area contributed by atoms with E-state index in [1.807, 2.05) is 0 Å². The van der Waals surface area contributed by atoms with Gasteiger partial charge in [-0.25, -0.2) is 0 Å². The number of hydrogen-bond acceptors (Lipinski definition) is 2. The summed E-state index contributed by atoms with van der Waals surface area (Å²) >= 11 is -1.16. The quantitative estimate of drug-likeness (QED) is 0.265. The van der Waals surface area contributed by atoms with Crippen LogP contribution in [0.2, 0.25) is 0 Å². The summed E-state index contributed by atoms with van der Waals surface area (Å²) < 4.78 is 62.1. The molecule has 0 aliphatic carbocycles. The van der Waals surface area contributed by atoms with Crippen LogP contribution in [-0.2, 0) is 10.1 Å². The van der Waals surface area contributed by atoms with E-state index in [0.29, 0.717) is 0 Å². The van der Waals surface area contributed by atoms with Crippen LogP contribution in [0.1, 0.15) is 19.8 Å². The van der Waals surface area contributed by atoms with Gasteiger partial charge in [0.2, 0.25) is 0 Å². The van der Waals surface area contributed by atoms with Gasteiger partial charge in [0, 0.05) is 0 Å². The van der Waals surface area contributed by atoms with Crippen LogP contribution in [0.4, 0.5) is 13.2 Å². The van der Waals surface area contributed by atoms with E-state index in [1.165, 1.54) is 17.3 Å². The molecule has 0 bridgehead atoms. The van der Waals surface area contributed by atoms with Crippen molar-refractivity contribution in [3.05, 3.63) is 67.8 Å². The minimum atomic E-state index is -5.84. The smallest absolute Gasteiger partial charge is 0.279 e. The van der Waals surface area contributed by atoms with E-state index in [1.54, 1.807) is 7.14 Å². The molecule has 0 aromatic heterocycles. The van der Waals surface area contributed by atoms with Gasteiger partial charge in [0.1, 0.15) is 0 Å². The fraction of sp³-hybridized carbons (Fsp3) is 0.294. The van der Waals surface area contributed by atoms with Gasteiger partial charge in [-0.3, -0.25) is 4.55 Å². The SMILES string of the molecule is CCCCI(c1ccccc1)c1ccccc1.O=S(=O)(O)C(F)(F)F. The van der Waals surface area contributed by atoms with Crippen LogP contribution in [0.25, 0.3) is 0 Å². The molecule has 2 rings (SSSR count). The summed E-state index contributed by atoms with van der Waals surface area (Å²) in [5.74, 6) is 0. The number of unbranched alkanes of at least 4 members (excludes halogenated alkanes) is 1. The molecule has 2 aromatic rings. The van der Waals surface area contributed by atoms with Crippen molar-refractivity contribution in [3.8, 4) is 0 Å². The summed E-state index contributed by atoms with van der Waals surface area (Å²) in [6, 6.07) is 22.2. The molecule has 0 aliphatic heterocycles. The van der Waals surface area contributed by atoms with Crippen LogP contribution in [0.5, 0.6) is 0 Å². The molecular weight excluding hydrogens is 468 g/mol. The summed E-state index contributed by atoms with van der Waals surface area (Å²) in [4.78, 5) is 0. The van der Waals surface area contributed by atoms with Crippen molar-refractivity contribution in [2.24, 2.45) is 0 Å². The first-order chi connectivity index (χ1) is 11.7. The van der Waals surface area contributed by atoms with E-state index >= 15 is 0 Å². The van der Waals surface area contributed by atoms with E-state index in [4.69, 9.17) is 13.0 Å². The molecule has 0 spiro atoms. The molecule has 0 heterocycles. The minimum Gasteiger partial charge on any atom is -0.279 e. The molecular formula is C17H20F3IO3S. The Bertz CT molecular complexity index is 680. The largest absolute Gasteiger partial charge is 0.522 e. The molecule has 0 saturated carbocycles. The number of alkyl halides is 4. The van der Waals surface area contributed by atoms with Crippen molar-refractivity contribution in [1.29, 1.82) is 0 Å². The van der Waals surface area contributed by atoms with Gasteiger partial charge in [-0.1, -0.05) is 0 Å². The van der Waals surface area contributed by atoms with Crippen LogP contribution in [0.15, 0.2) is 60.7 Å². The van der Waals surface area contributed by atoms with Crippen molar-refractivity contribution in [2.45, 2.75) is 25.3 Å². The molecule has 0 radical (unpaired) electrons. The number of benzene rings is 2. The number of halogens is 4. The molecule has 1 N–H and O–H groups in total. The first-order valence-electron chi connectivity index (χ1n) is 7.46. The third-order valence-electron chi connectivity index (χ3n) is 2.96. The molecule has 0 fully saturated rings. The number of hydrogen-bond donors (Lipinski definition) is 1. The van der Waals surface area contributed by atoms with Crippen LogP contribution in [0.3, 0.4) is 0 Å². The van der Waals surface area contributed by atoms with Gasteiger partial charge in [-0.2, -0.15) is 21.6 Å². The summed E-state index contributed by atoms with van der Waals surface area (Å²) in [5.41, 5.74) is -5.53. The predicted molar refractivity (Wildman–Crippen MR) is 102 cm³/mol. The second-order valence-corrected chi connectivity index (χ2v) is 12.0. The van der Waals surface area contributed by atoms with E-state index < -0.39 is 35.4 Å². The Balaban J connectivity index is 0.000000333. The normalized spacial score (nSPS) is 12.1. The molecule has 25 heavy (non-hydrogen) atoms. The van der Waals surface area contributed by atoms with Gasteiger partial charge in [0.05, 0.1) is 0 Å². The molecule has 0 saturated heterocycles. The topological polar surface area (TPSA) is 54.4 Å². The molecule has 140 valence electrons. The van der Waals surface area contributed by atoms with Gasteiger partial charge in [-0.15, -0.1) is 0 Å². The molecule has 0 atom stereocenters. The first kappa shape index (κ1) is 21.9. The second kappa shape index (κ2) is 10.1. The zero-order valence-corrected chi connectivity index (χ0v) is 16.6. The van der Waals surface area contributed by atoms with Crippen molar-refractivity contribution in [3.63, 3.8) is 0 Å². The molecule has 2 aromatic carbocycles. The fourth-order valence-corrected chi connectivity index (χ4v) is 7.80. The average Bonchev–Trinajstić information content (AvgIpc) is 2.56. The third kappa shape index (κ3) is 7.74. The van der Waals surface area contributed by atoms with E-state index in [0.717, 1.165) is 0 Å². The molecule has 8 heteroatoms. The summed E-state index contributed by atoms with van der Waals surface area (Å²) in [7, 11) is -5.84. The van der Waals surface area contributed by atoms with Gasteiger partial charge in [0.15, 0.2) is 0 Å². The van der Waals surface area contributed by atoms with Gasteiger partial charge < -0.3 is 0 Å². The maximum absolute atomic E-state index is 10.7. The Hall–Kier alpha value is -1.13. The summed E-state index contributed by atoms with van der Waals surface area (Å²) in [5, 5.41) is 0. The minimum absolute atomic E-state index is 1.16. The van der Waals surface area contributed by atoms with Crippen LogP contribution < -0.4 is 0 Å². The maximum atomic E-state index is 10.7. The number of rotatable bonds is 5. The van der Waals surface area contributed by atoms with E-state index in [9.17, 15) is 13.2 Å². The van der Waals surface area contributed by atoms with Gasteiger partial charge in [-0.05, 0) is 0 Å². The third-order valence-corrected chi connectivity index (χ3v) is 9.83. The van der Waals surface area contributed by atoms with E-state index in [-0.39, 0.29) is 0 Å². The van der Waals surface area contributed by atoms with Crippen molar-refractivity contribution in [2.75, 3.05) is 4.43 Å². The Kier molecular flexibility index (Phi) is 8.87. The predicted octanol–water partition coefficient (Wildman–Crippen LogP) is 5.43. The Morgan fingerprint density at radius 3 is 1.56 bits per heavy atom. The van der Waals surface area contributed by atoms with Gasteiger partial charge in [0.25, 0.3) is 0 Å². The van der Waals surface area contributed by atoms with Crippen molar-refractivity contribution in [1.82, 2.24) is 0 Å². The van der Waals surface area contributed by atoms with Crippen LogP contribution in [0, 0.1) is 7.14 Å². The molecule has 0 unspecified atom stereocenters. The second-order valence-electron chi connectivity index (χ2n) is 4.92. The Morgan fingerprint density at radius 2 is 1.28 bits per heavy atom.